The molecule has 6 nitrogen and oxygen atoms in total. The second-order valence-corrected chi connectivity index (χ2v) is 6.67. The first kappa shape index (κ1) is 14.5. The highest BCUT2D eigenvalue weighted by Gasteiger charge is 2.11. The minimum Gasteiger partial charge on any atom is -0.305 e. The summed E-state index contributed by atoms with van der Waals surface area (Å²) in [6.07, 6.45) is 3.83. The predicted octanol–water partition coefficient (Wildman–Crippen LogP) is 3.33. The van der Waals surface area contributed by atoms with Gasteiger partial charge < -0.3 is 4.40 Å². The molecule has 4 heterocycles. The number of imidazole rings is 1. The van der Waals surface area contributed by atoms with Crippen LogP contribution >= 0.6 is 23.4 Å². The summed E-state index contributed by atoms with van der Waals surface area (Å²) < 4.78 is 3.89. The molecular formula is C15H13ClN6S. The van der Waals surface area contributed by atoms with E-state index in [0.29, 0.717) is 16.6 Å². The number of hydrogen-bond acceptors (Lipinski definition) is 5. The van der Waals surface area contributed by atoms with Gasteiger partial charge >= 0.3 is 0 Å². The molecule has 4 aromatic heterocycles. The molecule has 0 aliphatic rings. The summed E-state index contributed by atoms with van der Waals surface area (Å²) in [5.41, 5.74) is 3.86. The summed E-state index contributed by atoms with van der Waals surface area (Å²) in [4.78, 5) is 8.98. The Labute approximate surface area is 141 Å². The molecule has 4 rings (SSSR count). The van der Waals surface area contributed by atoms with Crippen LogP contribution in [0.3, 0.4) is 0 Å². The molecule has 116 valence electrons. The van der Waals surface area contributed by atoms with Gasteiger partial charge in [0.1, 0.15) is 5.65 Å². The van der Waals surface area contributed by atoms with Gasteiger partial charge in [-0.05, 0) is 32.0 Å². The Morgan fingerprint density at radius 3 is 2.87 bits per heavy atom. The van der Waals surface area contributed by atoms with Crippen molar-refractivity contribution < 1.29 is 0 Å². The van der Waals surface area contributed by atoms with Gasteiger partial charge in [0.25, 0.3) is 5.78 Å². The quantitative estimate of drug-likeness (QED) is 0.533. The fraction of sp³-hybridized carbons (Fsp3) is 0.200. The van der Waals surface area contributed by atoms with Crippen LogP contribution in [0.15, 0.2) is 35.7 Å². The summed E-state index contributed by atoms with van der Waals surface area (Å²) in [6.45, 7) is 3.98. The van der Waals surface area contributed by atoms with Crippen molar-refractivity contribution in [2.75, 3.05) is 0 Å². The van der Waals surface area contributed by atoms with Gasteiger partial charge in [0, 0.05) is 29.5 Å². The molecule has 0 amide bonds. The lowest BCUT2D eigenvalue weighted by atomic mass is 10.3. The largest absolute Gasteiger partial charge is 0.305 e. The lowest BCUT2D eigenvalue weighted by molar-refractivity contribution is 0.885. The Kier molecular flexibility index (Phi) is 3.46. The fourth-order valence-corrected chi connectivity index (χ4v) is 3.56. The Morgan fingerprint density at radius 2 is 2.00 bits per heavy atom. The van der Waals surface area contributed by atoms with Gasteiger partial charge in [-0.2, -0.15) is 0 Å². The summed E-state index contributed by atoms with van der Waals surface area (Å²) in [5.74, 6) is 1.33. The van der Waals surface area contributed by atoms with Gasteiger partial charge in [0.05, 0.1) is 10.7 Å². The maximum Gasteiger partial charge on any atom is 0.256 e. The first-order chi connectivity index (χ1) is 11.1. The molecule has 4 aromatic rings. The predicted molar refractivity (Wildman–Crippen MR) is 90.0 cm³/mol. The second-order valence-electron chi connectivity index (χ2n) is 5.29. The average molecular weight is 345 g/mol. The minimum absolute atomic E-state index is 0.631. The highest BCUT2D eigenvalue weighted by molar-refractivity contribution is 7.98. The first-order valence-electron chi connectivity index (χ1n) is 7.05. The van der Waals surface area contributed by atoms with E-state index in [1.54, 1.807) is 11.8 Å². The number of rotatable bonds is 3. The van der Waals surface area contributed by atoms with E-state index in [1.165, 1.54) is 0 Å². The third-order valence-corrected chi connectivity index (χ3v) is 4.66. The molecule has 0 aliphatic carbocycles. The Hall–Kier alpha value is -2.12. The molecule has 0 aromatic carbocycles. The first-order valence-corrected chi connectivity index (χ1v) is 8.42. The van der Waals surface area contributed by atoms with E-state index in [4.69, 9.17) is 11.6 Å². The molecule has 23 heavy (non-hydrogen) atoms. The topological polar surface area (TPSA) is 60.4 Å². The molecule has 0 atom stereocenters. The van der Waals surface area contributed by atoms with Crippen LogP contribution in [0, 0.1) is 13.8 Å². The average Bonchev–Trinajstić information content (AvgIpc) is 3.07. The summed E-state index contributed by atoms with van der Waals surface area (Å²) in [6, 6.07) is 5.76. The van der Waals surface area contributed by atoms with Crippen LogP contribution in [-0.4, -0.2) is 29.0 Å². The third-order valence-electron chi connectivity index (χ3n) is 3.48. The van der Waals surface area contributed by atoms with Crippen molar-refractivity contribution >= 4 is 34.8 Å². The number of aromatic nitrogens is 6. The van der Waals surface area contributed by atoms with Crippen molar-refractivity contribution in [2.45, 2.75) is 24.8 Å². The Bertz CT molecular complexity index is 1020. The Morgan fingerprint density at radius 1 is 1.13 bits per heavy atom. The SMILES string of the molecule is Cc1cc(C)n2c(SCc3cn4cc(Cl)ccc4n3)nnc2n1. The lowest BCUT2D eigenvalue weighted by Gasteiger charge is -2.03. The molecule has 0 bridgehead atoms. The van der Waals surface area contributed by atoms with Crippen molar-refractivity contribution in [3.8, 4) is 0 Å². The number of nitrogens with zero attached hydrogens (tertiary/aromatic N) is 6. The molecular weight excluding hydrogens is 332 g/mol. The fourth-order valence-electron chi connectivity index (χ4n) is 2.52. The van der Waals surface area contributed by atoms with E-state index < -0.39 is 0 Å². The highest BCUT2D eigenvalue weighted by Crippen LogP contribution is 2.23. The standard InChI is InChI=1S/C15H13ClN6S/c1-9-5-10(2)22-14(17-9)19-20-15(22)23-8-12-7-21-6-11(16)3-4-13(21)18-12/h3-7H,8H2,1-2H3. The number of thioether (sulfide) groups is 1. The highest BCUT2D eigenvalue weighted by atomic mass is 35.5. The minimum atomic E-state index is 0.631. The van der Waals surface area contributed by atoms with Crippen LogP contribution in [0.4, 0.5) is 0 Å². The van der Waals surface area contributed by atoms with Crippen LogP contribution in [0.1, 0.15) is 17.1 Å². The van der Waals surface area contributed by atoms with Gasteiger partial charge in [-0.15, -0.1) is 10.2 Å². The number of pyridine rings is 1. The second kappa shape index (κ2) is 5.50. The normalized spacial score (nSPS) is 11.6. The molecule has 0 saturated carbocycles. The lowest BCUT2D eigenvalue weighted by Crippen LogP contribution is -1.97. The molecule has 0 radical (unpaired) electrons. The zero-order chi connectivity index (χ0) is 16.0. The number of hydrogen-bond donors (Lipinski definition) is 0. The van der Waals surface area contributed by atoms with E-state index in [0.717, 1.165) is 27.9 Å². The van der Waals surface area contributed by atoms with E-state index in [-0.39, 0.29) is 0 Å². The van der Waals surface area contributed by atoms with Gasteiger partial charge in [-0.1, -0.05) is 23.4 Å². The van der Waals surface area contributed by atoms with Crippen molar-refractivity contribution in [1.29, 1.82) is 0 Å². The molecule has 0 aliphatic heterocycles. The molecule has 0 saturated heterocycles. The molecule has 8 heteroatoms. The van der Waals surface area contributed by atoms with E-state index in [2.05, 4.69) is 20.2 Å². The smallest absolute Gasteiger partial charge is 0.256 e. The maximum absolute atomic E-state index is 6.00. The maximum atomic E-state index is 6.00. The molecule has 0 spiro atoms. The van der Waals surface area contributed by atoms with Crippen LogP contribution in [0.5, 0.6) is 0 Å². The summed E-state index contributed by atoms with van der Waals surface area (Å²) >= 11 is 7.59. The van der Waals surface area contributed by atoms with Crippen molar-refractivity contribution in [1.82, 2.24) is 29.0 Å². The summed E-state index contributed by atoms with van der Waals surface area (Å²) in [7, 11) is 0. The van der Waals surface area contributed by atoms with Crippen LogP contribution < -0.4 is 0 Å². The Balaban J connectivity index is 1.63. The van der Waals surface area contributed by atoms with Crippen LogP contribution in [0.2, 0.25) is 5.02 Å². The van der Waals surface area contributed by atoms with Crippen molar-refractivity contribution in [3.05, 3.63) is 52.7 Å². The van der Waals surface area contributed by atoms with Gasteiger partial charge in [-0.3, -0.25) is 4.40 Å². The molecule has 0 fully saturated rings. The van der Waals surface area contributed by atoms with Crippen LogP contribution in [-0.2, 0) is 5.75 Å². The number of fused-ring (bicyclic) bond motifs is 2. The monoisotopic (exact) mass is 344 g/mol. The zero-order valence-electron chi connectivity index (χ0n) is 12.6. The van der Waals surface area contributed by atoms with E-state index in [1.807, 2.05) is 53.2 Å². The third kappa shape index (κ3) is 2.66. The van der Waals surface area contributed by atoms with Crippen molar-refractivity contribution in [2.24, 2.45) is 0 Å². The van der Waals surface area contributed by atoms with Gasteiger partial charge in [0.15, 0.2) is 5.16 Å². The molecule has 0 unspecified atom stereocenters. The van der Waals surface area contributed by atoms with E-state index in [9.17, 15) is 0 Å². The molecule has 0 N–H and O–H groups in total. The van der Waals surface area contributed by atoms with Gasteiger partial charge in [-0.25, -0.2) is 9.97 Å². The van der Waals surface area contributed by atoms with E-state index >= 15 is 0 Å². The zero-order valence-corrected chi connectivity index (χ0v) is 14.1. The van der Waals surface area contributed by atoms with Gasteiger partial charge in [0.2, 0.25) is 0 Å². The summed E-state index contributed by atoms with van der Waals surface area (Å²) in [5, 5.41) is 9.89. The van der Waals surface area contributed by atoms with Crippen LogP contribution in [0.25, 0.3) is 11.4 Å². The number of aryl methyl sites for hydroxylation is 2. The van der Waals surface area contributed by atoms with Crippen molar-refractivity contribution in [3.63, 3.8) is 0 Å². The number of halogens is 1.